The van der Waals surface area contributed by atoms with Crippen LogP contribution in [0.25, 0.3) is 0 Å². The van der Waals surface area contributed by atoms with Crippen LogP contribution in [0, 0.1) is 0 Å². The topological polar surface area (TPSA) is 30.5 Å². The first-order chi connectivity index (χ1) is 8.79. The van der Waals surface area contributed by atoms with Crippen LogP contribution in [0.3, 0.4) is 0 Å². The van der Waals surface area contributed by atoms with Crippen LogP contribution in [-0.4, -0.2) is 25.9 Å². The fraction of sp³-hybridized carbons (Fsp3) is 0.571. The predicted octanol–water partition coefficient (Wildman–Crippen LogP) is 4.73. The Morgan fingerprint density at radius 2 is 2.00 bits per heavy atom. The average Bonchev–Trinajstić information content (AvgIpc) is 2.27. The summed E-state index contributed by atoms with van der Waals surface area (Å²) in [6.07, 6.45) is 0.872. The quantitative estimate of drug-likeness (QED) is 0.804. The molecule has 0 bridgehead atoms. The molecule has 19 heavy (non-hydrogen) atoms. The highest BCUT2D eigenvalue weighted by atomic mass is 79.9. The Labute approximate surface area is 128 Å². The first-order valence-corrected chi connectivity index (χ1v) is 7.31. The van der Waals surface area contributed by atoms with Crippen molar-refractivity contribution in [3.05, 3.63) is 21.6 Å². The van der Waals surface area contributed by atoms with Crippen molar-refractivity contribution in [3.63, 3.8) is 0 Å². The molecule has 0 fully saturated rings. The van der Waals surface area contributed by atoms with Gasteiger partial charge in [-0.05, 0) is 55.3 Å². The molecule has 0 radical (unpaired) electrons. The van der Waals surface area contributed by atoms with Crippen molar-refractivity contribution in [3.8, 4) is 5.75 Å². The Kier molecular flexibility index (Phi) is 5.96. The Bertz CT molecular complexity index is 438. The van der Waals surface area contributed by atoms with E-state index in [9.17, 15) is 0 Å². The third kappa shape index (κ3) is 4.86. The fourth-order valence-corrected chi connectivity index (χ4v) is 2.98. The molecule has 0 aliphatic carbocycles. The summed E-state index contributed by atoms with van der Waals surface area (Å²) in [6, 6.07) is 3.91. The van der Waals surface area contributed by atoms with Crippen LogP contribution in [-0.2, 0) is 4.74 Å². The molecule has 1 rings (SSSR count). The van der Waals surface area contributed by atoms with Gasteiger partial charge in [0.25, 0.3) is 0 Å². The van der Waals surface area contributed by atoms with Gasteiger partial charge in [0.05, 0.1) is 22.9 Å². The largest absolute Gasteiger partial charge is 0.493 e. The van der Waals surface area contributed by atoms with Gasteiger partial charge in [0.15, 0.2) is 5.75 Å². The minimum absolute atomic E-state index is 0.171. The molecule has 0 amide bonds. The van der Waals surface area contributed by atoms with Gasteiger partial charge < -0.3 is 14.8 Å². The van der Waals surface area contributed by atoms with Gasteiger partial charge >= 0.3 is 0 Å². The summed E-state index contributed by atoms with van der Waals surface area (Å²) in [5.41, 5.74) is 0.705. The van der Waals surface area contributed by atoms with Gasteiger partial charge in [0.1, 0.15) is 0 Å². The first kappa shape index (κ1) is 16.6. The van der Waals surface area contributed by atoms with Crippen LogP contribution in [0.2, 0.25) is 5.02 Å². The van der Waals surface area contributed by atoms with Crippen molar-refractivity contribution in [2.75, 3.05) is 19.5 Å². The van der Waals surface area contributed by atoms with Crippen LogP contribution in [0.1, 0.15) is 27.2 Å². The Balaban J connectivity index is 2.87. The van der Waals surface area contributed by atoms with Gasteiger partial charge in [0.2, 0.25) is 0 Å². The van der Waals surface area contributed by atoms with E-state index in [-0.39, 0.29) is 11.6 Å². The lowest BCUT2D eigenvalue weighted by atomic mass is 9.99. The Morgan fingerprint density at radius 1 is 1.37 bits per heavy atom. The second-order valence-electron chi connectivity index (χ2n) is 5.18. The molecule has 0 saturated carbocycles. The Hall–Kier alpha value is -0.450. The monoisotopic (exact) mass is 349 g/mol. The minimum Gasteiger partial charge on any atom is -0.493 e. The number of ether oxygens (including phenoxy) is 2. The lowest BCUT2D eigenvalue weighted by Crippen LogP contribution is -2.31. The zero-order valence-corrected chi connectivity index (χ0v) is 14.4. The highest BCUT2D eigenvalue weighted by Crippen LogP contribution is 2.37. The molecule has 1 unspecified atom stereocenters. The third-order valence-electron chi connectivity index (χ3n) is 2.96. The van der Waals surface area contributed by atoms with Gasteiger partial charge in [-0.3, -0.25) is 0 Å². The van der Waals surface area contributed by atoms with Gasteiger partial charge in [0, 0.05) is 18.2 Å². The summed E-state index contributed by atoms with van der Waals surface area (Å²) in [5, 5.41) is 4.07. The molecular weight excluding hydrogens is 330 g/mol. The summed E-state index contributed by atoms with van der Waals surface area (Å²) in [4.78, 5) is 0. The fourth-order valence-electron chi connectivity index (χ4n) is 2.01. The summed E-state index contributed by atoms with van der Waals surface area (Å²) < 4.78 is 11.7. The van der Waals surface area contributed by atoms with Crippen molar-refractivity contribution in [1.82, 2.24) is 0 Å². The van der Waals surface area contributed by atoms with E-state index < -0.39 is 0 Å². The van der Waals surface area contributed by atoms with Gasteiger partial charge in [-0.15, -0.1) is 0 Å². The number of nitrogens with one attached hydrogen (secondary N) is 1. The molecule has 0 aromatic heterocycles. The average molecular weight is 351 g/mol. The van der Waals surface area contributed by atoms with E-state index in [2.05, 4.69) is 42.0 Å². The molecule has 1 atom stereocenters. The second-order valence-corrected chi connectivity index (χ2v) is 6.47. The van der Waals surface area contributed by atoms with Crippen LogP contribution < -0.4 is 10.1 Å². The highest BCUT2D eigenvalue weighted by molar-refractivity contribution is 9.10. The number of hydrogen-bond donors (Lipinski definition) is 1. The zero-order valence-electron chi connectivity index (χ0n) is 12.0. The maximum absolute atomic E-state index is 6.07. The number of benzene rings is 1. The molecule has 1 aromatic rings. The van der Waals surface area contributed by atoms with Crippen LogP contribution in [0.4, 0.5) is 5.69 Å². The van der Waals surface area contributed by atoms with Crippen molar-refractivity contribution in [2.24, 2.45) is 0 Å². The summed E-state index contributed by atoms with van der Waals surface area (Å²) >= 11 is 9.52. The molecule has 0 saturated heterocycles. The number of halogens is 2. The molecule has 1 aromatic carbocycles. The lowest BCUT2D eigenvalue weighted by molar-refractivity contribution is 0.0128. The van der Waals surface area contributed by atoms with Crippen molar-refractivity contribution >= 4 is 33.2 Å². The molecular formula is C14H21BrClNO2. The molecule has 1 N–H and O–H groups in total. The SMILES string of the molecule is COc1c(Br)cc(Cl)cc1NC(C)CC(C)(C)OC. The van der Waals surface area contributed by atoms with E-state index in [1.165, 1.54) is 0 Å². The van der Waals surface area contributed by atoms with Gasteiger partial charge in [-0.1, -0.05) is 11.6 Å². The Morgan fingerprint density at radius 3 is 2.53 bits per heavy atom. The van der Waals surface area contributed by atoms with E-state index in [4.69, 9.17) is 21.1 Å². The highest BCUT2D eigenvalue weighted by Gasteiger charge is 2.21. The van der Waals surface area contributed by atoms with E-state index >= 15 is 0 Å². The minimum atomic E-state index is -0.171. The molecule has 5 heteroatoms. The number of anilines is 1. The van der Waals surface area contributed by atoms with Gasteiger partial charge in [-0.2, -0.15) is 0 Å². The van der Waals surface area contributed by atoms with Crippen LogP contribution in [0.5, 0.6) is 5.75 Å². The molecule has 0 aliphatic heterocycles. The zero-order chi connectivity index (χ0) is 14.6. The standard InChI is InChI=1S/C14H21BrClNO2/c1-9(8-14(2,3)19-5)17-12-7-10(16)6-11(15)13(12)18-4/h6-7,9,17H,8H2,1-5H3. The van der Waals surface area contributed by atoms with Gasteiger partial charge in [-0.25, -0.2) is 0 Å². The number of hydrogen-bond acceptors (Lipinski definition) is 3. The van der Waals surface area contributed by atoms with E-state index in [1.807, 2.05) is 12.1 Å². The third-order valence-corrected chi connectivity index (χ3v) is 3.77. The molecule has 0 spiro atoms. The number of rotatable bonds is 6. The van der Waals surface area contributed by atoms with Crippen molar-refractivity contribution in [2.45, 2.75) is 38.8 Å². The molecule has 3 nitrogen and oxygen atoms in total. The summed E-state index contributed by atoms with van der Waals surface area (Å²) in [6.45, 7) is 6.24. The molecule has 0 heterocycles. The maximum atomic E-state index is 6.07. The number of methoxy groups -OCH3 is 2. The van der Waals surface area contributed by atoms with Crippen LogP contribution in [0.15, 0.2) is 16.6 Å². The maximum Gasteiger partial charge on any atom is 0.156 e. The molecule has 108 valence electrons. The van der Waals surface area contributed by atoms with Crippen LogP contribution >= 0.6 is 27.5 Å². The summed E-state index contributed by atoms with van der Waals surface area (Å²) in [5.74, 6) is 0.756. The second kappa shape index (κ2) is 6.82. The van der Waals surface area contributed by atoms with E-state index in [0.717, 1.165) is 22.3 Å². The first-order valence-electron chi connectivity index (χ1n) is 6.14. The molecule has 0 aliphatic rings. The normalized spacial score (nSPS) is 13.2. The smallest absolute Gasteiger partial charge is 0.156 e. The summed E-state index contributed by atoms with van der Waals surface area (Å²) in [7, 11) is 3.37. The van der Waals surface area contributed by atoms with Crippen molar-refractivity contribution < 1.29 is 9.47 Å². The lowest BCUT2D eigenvalue weighted by Gasteiger charge is -2.28. The predicted molar refractivity (Wildman–Crippen MR) is 84.5 cm³/mol. The van der Waals surface area contributed by atoms with Crippen molar-refractivity contribution in [1.29, 1.82) is 0 Å². The van der Waals surface area contributed by atoms with E-state index in [1.54, 1.807) is 14.2 Å². The van der Waals surface area contributed by atoms with E-state index in [0.29, 0.717) is 5.02 Å².